The van der Waals surface area contributed by atoms with Gasteiger partial charge in [0.05, 0.1) is 6.07 Å². The van der Waals surface area contributed by atoms with Crippen molar-refractivity contribution in [3.8, 4) is 6.07 Å². The molecule has 0 bridgehead atoms. The SMILES string of the molecule is CCC[C@H](NS(=O)(=O)C(C)C#N)C(=O)O. The largest absolute Gasteiger partial charge is 0.480 e. The van der Waals surface area contributed by atoms with Gasteiger partial charge in [-0.3, -0.25) is 4.79 Å². The highest BCUT2D eigenvalue weighted by Gasteiger charge is 2.27. The van der Waals surface area contributed by atoms with Crippen LogP contribution in [-0.4, -0.2) is 30.8 Å². The zero-order valence-corrected chi connectivity index (χ0v) is 9.41. The molecule has 0 heterocycles. The quantitative estimate of drug-likeness (QED) is 0.676. The van der Waals surface area contributed by atoms with Crippen molar-refractivity contribution < 1.29 is 18.3 Å². The van der Waals surface area contributed by atoms with Crippen molar-refractivity contribution in [2.75, 3.05) is 0 Å². The standard InChI is InChI=1S/C8H14N2O4S/c1-3-4-7(8(11)12)10-15(13,14)6(2)5-9/h6-7,10H,3-4H2,1-2H3,(H,11,12)/t6?,7-/m0/s1. The number of carboxylic acid groups (broad SMARTS) is 1. The monoisotopic (exact) mass is 234 g/mol. The molecule has 0 saturated heterocycles. The molecule has 15 heavy (non-hydrogen) atoms. The van der Waals surface area contributed by atoms with Crippen molar-refractivity contribution in [2.45, 2.75) is 38.0 Å². The smallest absolute Gasteiger partial charge is 0.321 e. The second kappa shape index (κ2) is 5.68. The number of rotatable bonds is 6. The molecule has 0 radical (unpaired) electrons. The summed E-state index contributed by atoms with van der Waals surface area (Å²) < 4.78 is 24.7. The van der Waals surface area contributed by atoms with Gasteiger partial charge in [-0.2, -0.15) is 9.98 Å². The van der Waals surface area contributed by atoms with Gasteiger partial charge in [-0.15, -0.1) is 0 Å². The molecule has 0 fully saturated rings. The molecule has 0 aliphatic rings. The van der Waals surface area contributed by atoms with Crippen LogP contribution in [0.15, 0.2) is 0 Å². The molecule has 0 amide bonds. The lowest BCUT2D eigenvalue weighted by Crippen LogP contribution is -2.43. The van der Waals surface area contributed by atoms with Crippen LogP contribution in [-0.2, 0) is 14.8 Å². The van der Waals surface area contributed by atoms with Gasteiger partial charge in [0, 0.05) is 0 Å². The maximum atomic E-state index is 11.4. The zero-order valence-electron chi connectivity index (χ0n) is 8.60. The Balaban J connectivity index is 4.69. The van der Waals surface area contributed by atoms with Crippen LogP contribution < -0.4 is 4.72 Å². The molecule has 0 aliphatic carbocycles. The second-order valence-electron chi connectivity index (χ2n) is 3.11. The molecule has 6 nitrogen and oxygen atoms in total. The van der Waals surface area contributed by atoms with E-state index < -0.39 is 27.3 Å². The van der Waals surface area contributed by atoms with Crippen molar-refractivity contribution in [1.29, 1.82) is 5.26 Å². The maximum Gasteiger partial charge on any atom is 0.321 e. The van der Waals surface area contributed by atoms with Crippen molar-refractivity contribution in [1.82, 2.24) is 4.72 Å². The van der Waals surface area contributed by atoms with E-state index in [1.54, 1.807) is 13.0 Å². The van der Waals surface area contributed by atoms with E-state index >= 15 is 0 Å². The molecule has 1 unspecified atom stereocenters. The molecule has 2 N–H and O–H groups in total. The molecule has 7 heteroatoms. The Labute approximate surface area is 89.0 Å². The van der Waals surface area contributed by atoms with Crippen molar-refractivity contribution in [2.24, 2.45) is 0 Å². The molecule has 0 aromatic rings. The summed E-state index contributed by atoms with van der Waals surface area (Å²) in [4.78, 5) is 10.7. The normalized spacial score (nSPS) is 15.3. The molecule has 0 aliphatic heterocycles. The number of carboxylic acids is 1. The third kappa shape index (κ3) is 4.27. The molecular weight excluding hydrogens is 220 g/mol. The zero-order chi connectivity index (χ0) is 12.1. The number of aliphatic carboxylic acids is 1. The van der Waals surface area contributed by atoms with Crippen molar-refractivity contribution in [3.05, 3.63) is 0 Å². The summed E-state index contributed by atoms with van der Waals surface area (Å²) in [6, 6.07) is 0.392. The number of nitrogens with one attached hydrogen (secondary N) is 1. The van der Waals surface area contributed by atoms with Crippen molar-refractivity contribution >= 4 is 16.0 Å². The van der Waals surface area contributed by atoms with Crippen LogP contribution in [0.25, 0.3) is 0 Å². The summed E-state index contributed by atoms with van der Waals surface area (Å²) in [7, 11) is -3.87. The van der Waals surface area contributed by atoms with E-state index in [2.05, 4.69) is 0 Å². The lowest BCUT2D eigenvalue weighted by molar-refractivity contribution is -0.139. The Hall–Kier alpha value is -1.13. The lowest BCUT2D eigenvalue weighted by atomic mass is 10.2. The molecule has 0 saturated carbocycles. The minimum Gasteiger partial charge on any atom is -0.480 e. The van der Waals surface area contributed by atoms with Gasteiger partial charge in [0.25, 0.3) is 0 Å². The van der Waals surface area contributed by atoms with Crippen LogP contribution in [0.4, 0.5) is 0 Å². The van der Waals surface area contributed by atoms with E-state index in [0.29, 0.717) is 6.42 Å². The fourth-order valence-electron chi connectivity index (χ4n) is 0.891. The van der Waals surface area contributed by atoms with Gasteiger partial charge < -0.3 is 5.11 Å². The van der Waals surface area contributed by atoms with Gasteiger partial charge in [0.15, 0.2) is 5.25 Å². The Bertz CT molecular complexity index is 357. The lowest BCUT2D eigenvalue weighted by Gasteiger charge is -2.14. The molecule has 86 valence electrons. The highest BCUT2D eigenvalue weighted by atomic mass is 32.2. The highest BCUT2D eigenvalue weighted by Crippen LogP contribution is 2.03. The van der Waals surface area contributed by atoms with E-state index in [-0.39, 0.29) is 6.42 Å². The minimum atomic E-state index is -3.87. The predicted octanol–water partition coefficient (Wildman–Crippen LogP) is 0.0712. The first-order chi connectivity index (χ1) is 6.85. The first kappa shape index (κ1) is 13.9. The average molecular weight is 234 g/mol. The minimum absolute atomic E-state index is 0.201. The summed E-state index contributed by atoms with van der Waals surface area (Å²) in [6.07, 6.45) is 0.743. The Kier molecular flexibility index (Phi) is 5.25. The number of nitrogens with zero attached hydrogens (tertiary/aromatic N) is 1. The summed E-state index contributed by atoms with van der Waals surface area (Å²) >= 11 is 0. The van der Waals surface area contributed by atoms with Crippen molar-refractivity contribution in [3.63, 3.8) is 0 Å². The number of hydrogen-bond acceptors (Lipinski definition) is 4. The molecule has 0 aromatic heterocycles. The molecule has 0 rings (SSSR count). The van der Waals surface area contributed by atoms with Crippen LogP contribution in [0.3, 0.4) is 0 Å². The topological polar surface area (TPSA) is 107 Å². The predicted molar refractivity (Wildman–Crippen MR) is 53.5 cm³/mol. The van der Waals surface area contributed by atoms with Gasteiger partial charge >= 0.3 is 5.97 Å². The van der Waals surface area contributed by atoms with Gasteiger partial charge in [0.2, 0.25) is 10.0 Å². The Morgan fingerprint density at radius 3 is 2.47 bits per heavy atom. The first-order valence-corrected chi connectivity index (χ1v) is 6.03. The van der Waals surface area contributed by atoms with Crippen LogP contribution in [0.2, 0.25) is 0 Å². The molecule has 0 spiro atoms. The molecule has 2 atom stereocenters. The number of hydrogen-bond donors (Lipinski definition) is 2. The Morgan fingerprint density at radius 2 is 2.13 bits per heavy atom. The molecule has 0 aromatic carbocycles. The van der Waals surface area contributed by atoms with Gasteiger partial charge in [-0.1, -0.05) is 13.3 Å². The average Bonchev–Trinajstić information content (AvgIpc) is 2.15. The maximum absolute atomic E-state index is 11.4. The van der Waals surface area contributed by atoms with Crippen LogP contribution in [0.5, 0.6) is 0 Å². The van der Waals surface area contributed by atoms with Crippen LogP contribution in [0.1, 0.15) is 26.7 Å². The van der Waals surface area contributed by atoms with E-state index in [9.17, 15) is 13.2 Å². The first-order valence-electron chi connectivity index (χ1n) is 4.48. The Morgan fingerprint density at radius 1 is 1.60 bits per heavy atom. The molecular formula is C8H14N2O4S. The van der Waals surface area contributed by atoms with E-state index in [1.165, 1.54) is 6.92 Å². The second-order valence-corrected chi connectivity index (χ2v) is 5.15. The summed E-state index contributed by atoms with van der Waals surface area (Å²) in [5, 5.41) is 15.9. The fraction of sp³-hybridized carbons (Fsp3) is 0.750. The van der Waals surface area contributed by atoms with E-state index in [0.717, 1.165) is 0 Å². The third-order valence-electron chi connectivity index (χ3n) is 1.83. The van der Waals surface area contributed by atoms with E-state index in [4.69, 9.17) is 10.4 Å². The summed E-state index contributed by atoms with van der Waals surface area (Å²) in [5.41, 5.74) is 0. The van der Waals surface area contributed by atoms with E-state index in [1.807, 2.05) is 4.72 Å². The number of carbonyl (C=O) groups is 1. The van der Waals surface area contributed by atoms with Crippen LogP contribution >= 0.6 is 0 Å². The highest BCUT2D eigenvalue weighted by molar-refractivity contribution is 7.90. The van der Waals surface area contributed by atoms with Gasteiger partial charge in [-0.25, -0.2) is 8.42 Å². The van der Waals surface area contributed by atoms with Crippen LogP contribution in [0, 0.1) is 11.3 Å². The summed E-state index contributed by atoms with van der Waals surface area (Å²) in [6.45, 7) is 2.95. The number of nitriles is 1. The number of sulfonamides is 1. The summed E-state index contributed by atoms with van der Waals surface area (Å²) in [5.74, 6) is -1.23. The fourth-order valence-corrected chi connectivity index (χ4v) is 1.85. The third-order valence-corrected chi connectivity index (χ3v) is 3.48. The van der Waals surface area contributed by atoms with Gasteiger partial charge in [-0.05, 0) is 13.3 Å². The van der Waals surface area contributed by atoms with Gasteiger partial charge in [0.1, 0.15) is 6.04 Å².